The Morgan fingerprint density at radius 1 is 1.41 bits per heavy atom. The minimum atomic E-state index is -3.27. The molecule has 0 aromatic heterocycles. The van der Waals surface area contributed by atoms with Crippen LogP contribution in [0.1, 0.15) is 39.0 Å². The highest BCUT2D eigenvalue weighted by Crippen LogP contribution is 2.44. The second kappa shape index (κ2) is 4.35. The molecule has 1 aliphatic heterocycles. The Labute approximate surface area is 103 Å². The second-order valence-corrected chi connectivity index (χ2v) is 7.82. The third-order valence-electron chi connectivity index (χ3n) is 4.20. The normalized spacial score (nSPS) is 29.6. The fraction of sp³-hybridized carbons (Fsp3) is 0.917. The number of carbonyl (C=O) groups is 1. The Morgan fingerprint density at radius 2 is 2.06 bits per heavy atom. The second-order valence-electron chi connectivity index (χ2n) is 5.45. The lowest BCUT2D eigenvalue weighted by molar-refractivity contribution is -0.155. The quantitative estimate of drug-likeness (QED) is 0.768. The highest BCUT2D eigenvalue weighted by atomic mass is 32.2. The average molecular weight is 260 g/mol. The number of Topliss-reactive ketones (excluding diaryl/α,β-unsaturated/α-hetero) is 1. The Bertz CT molecular complexity index is 408. The molecule has 4 nitrogen and oxygen atoms in total. The monoisotopic (exact) mass is 260 g/mol. The zero-order valence-corrected chi connectivity index (χ0v) is 11.3. The molecule has 1 spiro atoms. The van der Waals surface area contributed by atoms with Crippen LogP contribution >= 0.6 is 0 Å². The van der Waals surface area contributed by atoms with Crippen molar-refractivity contribution in [3.8, 4) is 0 Å². The lowest BCUT2D eigenvalue weighted by Gasteiger charge is -2.47. The minimum absolute atomic E-state index is 0.101. The van der Waals surface area contributed by atoms with Gasteiger partial charge in [-0.2, -0.15) is 0 Å². The fourth-order valence-electron chi connectivity index (χ4n) is 2.73. The van der Waals surface area contributed by atoms with Crippen LogP contribution in [-0.2, 0) is 19.4 Å². The lowest BCUT2D eigenvalue weighted by Crippen LogP contribution is -2.48. The van der Waals surface area contributed by atoms with Crippen LogP contribution < -0.4 is 0 Å². The predicted octanol–water partition coefficient (Wildman–Crippen LogP) is 1.34. The van der Waals surface area contributed by atoms with Crippen molar-refractivity contribution in [1.82, 2.24) is 0 Å². The smallest absolute Gasteiger partial charge is 0.157 e. The van der Waals surface area contributed by atoms with E-state index in [2.05, 4.69) is 0 Å². The van der Waals surface area contributed by atoms with E-state index in [9.17, 15) is 13.2 Å². The lowest BCUT2D eigenvalue weighted by atomic mass is 9.71. The van der Waals surface area contributed by atoms with Crippen molar-refractivity contribution in [2.45, 2.75) is 49.9 Å². The third kappa shape index (κ3) is 2.55. The molecular weight excluding hydrogens is 240 g/mol. The Kier molecular flexibility index (Phi) is 3.34. The molecule has 17 heavy (non-hydrogen) atoms. The molecule has 5 heteroatoms. The van der Waals surface area contributed by atoms with Gasteiger partial charge in [0.05, 0.1) is 5.60 Å². The largest absolute Gasteiger partial charge is 0.375 e. The molecule has 1 heterocycles. The van der Waals surface area contributed by atoms with Gasteiger partial charge in [0, 0.05) is 18.8 Å². The molecule has 2 rings (SSSR count). The van der Waals surface area contributed by atoms with Gasteiger partial charge in [0.15, 0.2) is 15.6 Å². The number of carbonyl (C=O) groups excluding carboxylic acids is 1. The van der Waals surface area contributed by atoms with E-state index >= 15 is 0 Å². The first-order valence-electron chi connectivity index (χ1n) is 6.21. The van der Waals surface area contributed by atoms with E-state index in [1.807, 2.05) is 0 Å². The van der Waals surface area contributed by atoms with Gasteiger partial charge in [-0.25, -0.2) is 8.42 Å². The number of ether oxygens (including phenoxy) is 1. The predicted molar refractivity (Wildman–Crippen MR) is 64.6 cm³/mol. The summed E-state index contributed by atoms with van der Waals surface area (Å²) in [7, 11) is -3.27. The molecule has 0 amide bonds. The zero-order valence-electron chi connectivity index (χ0n) is 10.4. The van der Waals surface area contributed by atoms with Gasteiger partial charge in [0.25, 0.3) is 0 Å². The van der Waals surface area contributed by atoms with Crippen molar-refractivity contribution in [3.63, 3.8) is 0 Å². The molecule has 98 valence electrons. The van der Waals surface area contributed by atoms with E-state index in [0.717, 1.165) is 25.5 Å². The first kappa shape index (κ1) is 13.0. The van der Waals surface area contributed by atoms with Crippen LogP contribution in [0.5, 0.6) is 0 Å². The van der Waals surface area contributed by atoms with Crippen LogP contribution in [-0.4, -0.2) is 37.9 Å². The summed E-state index contributed by atoms with van der Waals surface area (Å²) in [5.74, 6) is -0.254. The van der Waals surface area contributed by atoms with E-state index in [-0.39, 0.29) is 17.3 Å². The van der Waals surface area contributed by atoms with Crippen molar-refractivity contribution in [3.05, 3.63) is 0 Å². The van der Waals surface area contributed by atoms with Gasteiger partial charge >= 0.3 is 0 Å². The topological polar surface area (TPSA) is 60.4 Å². The first-order chi connectivity index (χ1) is 7.84. The molecule has 1 saturated heterocycles. The number of hydrogen-bond acceptors (Lipinski definition) is 4. The van der Waals surface area contributed by atoms with Crippen molar-refractivity contribution in [2.24, 2.45) is 5.92 Å². The molecule has 2 unspecified atom stereocenters. The molecule has 2 aliphatic rings. The molecule has 1 saturated carbocycles. The van der Waals surface area contributed by atoms with Crippen molar-refractivity contribution >= 4 is 15.6 Å². The SMILES string of the molecule is CC(C(=O)C1CCOC2(CCC2)C1)S(C)(=O)=O. The highest BCUT2D eigenvalue weighted by molar-refractivity contribution is 7.92. The maximum Gasteiger partial charge on any atom is 0.157 e. The van der Waals surface area contributed by atoms with E-state index in [0.29, 0.717) is 19.4 Å². The van der Waals surface area contributed by atoms with Gasteiger partial charge in [-0.3, -0.25) is 4.79 Å². The zero-order chi connectivity index (χ0) is 12.7. The maximum atomic E-state index is 12.1. The van der Waals surface area contributed by atoms with Crippen molar-refractivity contribution in [1.29, 1.82) is 0 Å². The Balaban J connectivity index is 2.05. The minimum Gasteiger partial charge on any atom is -0.375 e. The standard InChI is InChI=1S/C12H20O4S/c1-9(17(2,14)15)11(13)10-4-7-16-12(8-10)5-3-6-12/h9-10H,3-8H2,1-2H3. The molecule has 2 fully saturated rings. The summed E-state index contributed by atoms with van der Waals surface area (Å²) in [6.07, 6.45) is 5.71. The van der Waals surface area contributed by atoms with E-state index in [1.54, 1.807) is 0 Å². The van der Waals surface area contributed by atoms with Gasteiger partial charge in [0.2, 0.25) is 0 Å². The fourth-order valence-corrected chi connectivity index (χ4v) is 3.35. The first-order valence-corrected chi connectivity index (χ1v) is 8.16. The summed E-state index contributed by atoms with van der Waals surface area (Å²) >= 11 is 0. The van der Waals surface area contributed by atoms with Gasteiger partial charge < -0.3 is 4.74 Å². The van der Waals surface area contributed by atoms with Gasteiger partial charge in [-0.15, -0.1) is 0 Å². The van der Waals surface area contributed by atoms with E-state index in [1.165, 1.54) is 6.92 Å². The van der Waals surface area contributed by atoms with E-state index in [4.69, 9.17) is 4.74 Å². The van der Waals surface area contributed by atoms with Crippen molar-refractivity contribution in [2.75, 3.05) is 12.9 Å². The molecule has 0 bridgehead atoms. The molecule has 0 aromatic carbocycles. The van der Waals surface area contributed by atoms with Crippen LogP contribution in [0.25, 0.3) is 0 Å². The Hall–Kier alpha value is -0.420. The van der Waals surface area contributed by atoms with Gasteiger partial charge in [-0.1, -0.05) is 0 Å². The van der Waals surface area contributed by atoms with Crippen LogP contribution in [0.15, 0.2) is 0 Å². The summed E-state index contributed by atoms with van der Waals surface area (Å²) in [5.41, 5.74) is -0.101. The molecule has 2 atom stereocenters. The van der Waals surface area contributed by atoms with E-state index < -0.39 is 15.1 Å². The van der Waals surface area contributed by atoms with Crippen molar-refractivity contribution < 1.29 is 17.9 Å². The van der Waals surface area contributed by atoms with Crippen LogP contribution in [0.3, 0.4) is 0 Å². The van der Waals surface area contributed by atoms with Gasteiger partial charge in [0.1, 0.15) is 5.25 Å². The summed E-state index contributed by atoms with van der Waals surface area (Å²) < 4.78 is 28.6. The molecule has 1 aliphatic carbocycles. The number of rotatable bonds is 3. The van der Waals surface area contributed by atoms with Gasteiger partial charge in [-0.05, 0) is 39.0 Å². The number of ketones is 1. The third-order valence-corrected chi connectivity index (χ3v) is 5.72. The highest BCUT2D eigenvalue weighted by Gasteiger charge is 2.45. The maximum absolute atomic E-state index is 12.1. The molecular formula is C12H20O4S. The average Bonchev–Trinajstić information content (AvgIpc) is 2.24. The number of hydrogen-bond donors (Lipinski definition) is 0. The molecule has 0 radical (unpaired) electrons. The summed E-state index contributed by atoms with van der Waals surface area (Å²) in [6, 6.07) is 0. The number of sulfone groups is 1. The summed E-state index contributed by atoms with van der Waals surface area (Å²) in [5, 5.41) is -0.872. The van der Waals surface area contributed by atoms with Crippen LogP contribution in [0.2, 0.25) is 0 Å². The van der Waals surface area contributed by atoms with Crippen LogP contribution in [0, 0.1) is 5.92 Å². The summed E-state index contributed by atoms with van der Waals surface area (Å²) in [6.45, 7) is 2.09. The summed E-state index contributed by atoms with van der Waals surface area (Å²) in [4.78, 5) is 12.1. The van der Waals surface area contributed by atoms with Crippen LogP contribution in [0.4, 0.5) is 0 Å². The molecule has 0 aromatic rings. The molecule has 0 N–H and O–H groups in total. The Morgan fingerprint density at radius 3 is 2.53 bits per heavy atom.